The molecule has 1 saturated carbocycles. The summed E-state index contributed by atoms with van der Waals surface area (Å²) >= 11 is 0. The summed E-state index contributed by atoms with van der Waals surface area (Å²) in [6, 6.07) is 0. The number of hydrogen-bond acceptors (Lipinski definition) is 12. The molecule has 0 radical (unpaired) electrons. The highest BCUT2D eigenvalue weighted by Gasteiger charge is 2.51. The van der Waals surface area contributed by atoms with Gasteiger partial charge in [-0.25, -0.2) is 9.36 Å². The van der Waals surface area contributed by atoms with E-state index in [1.165, 1.54) is 122 Å². The Hall–Kier alpha value is -1.93. The minimum atomic E-state index is -5.14. The van der Waals surface area contributed by atoms with Crippen LogP contribution in [0.2, 0.25) is 0 Å². The van der Waals surface area contributed by atoms with E-state index in [9.17, 15) is 44.6 Å². The summed E-state index contributed by atoms with van der Waals surface area (Å²) in [7, 11) is -5.14. The first-order chi connectivity index (χ1) is 29.4. The number of phosphoric ester groups is 1. The lowest BCUT2D eigenvalue weighted by atomic mass is 9.85. The molecular formula is C47H85O13P. The highest BCUT2D eigenvalue weighted by molar-refractivity contribution is 7.47. The predicted octanol–water partition coefficient (Wildman–Crippen LogP) is 9.39. The van der Waals surface area contributed by atoms with Crippen molar-refractivity contribution in [2.45, 2.75) is 236 Å². The average molecular weight is 889 g/mol. The number of carbonyl (C=O) groups excluding carboxylic acids is 2. The van der Waals surface area contributed by atoms with Crippen LogP contribution < -0.4 is 0 Å². The largest absolute Gasteiger partial charge is 0.472 e. The quantitative estimate of drug-likeness (QED) is 0.00850. The number of ether oxygens (including phenoxy) is 2. The van der Waals surface area contributed by atoms with Gasteiger partial charge in [-0.05, 0) is 44.9 Å². The molecule has 0 spiro atoms. The van der Waals surface area contributed by atoms with Gasteiger partial charge in [0.05, 0.1) is 6.61 Å². The number of phosphoric acid groups is 1. The van der Waals surface area contributed by atoms with Crippen LogP contribution in [-0.2, 0) is 32.7 Å². The maximum absolute atomic E-state index is 12.8. The number of allylic oxidation sites excluding steroid dienone is 5. The van der Waals surface area contributed by atoms with Crippen molar-refractivity contribution < 1.29 is 63.1 Å². The van der Waals surface area contributed by atoms with E-state index in [-0.39, 0.29) is 6.42 Å². The van der Waals surface area contributed by atoms with Crippen LogP contribution in [0.3, 0.4) is 0 Å². The van der Waals surface area contributed by atoms with Gasteiger partial charge in [0, 0.05) is 12.5 Å². The molecular weight excluding hydrogens is 803 g/mol. The number of unbranched alkanes of at least 4 members (excludes halogenated alkanes) is 24. The van der Waals surface area contributed by atoms with Gasteiger partial charge in [0.1, 0.15) is 43.2 Å². The summed E-state index contributed by atoms with van der Waals surface area (Å²) in [5, 5.41) is 50.1. The third kappa shape index (κ3) is 30.0. The molecule has 8 atom stereocenters. The fraction of sp³-hybridized carbons (Fsp3) is 0.830. The van der Waals surface area contributed by atoms with Crippen molar-refractivity contribution in [3.05, 3.63) is 36.5 Å². The van der Waals surface area contributed by atoms with E-state index < -0.39 is 75.7 Å². The average Bonchev–Trinajstić information content (AvgIpc) is 3.24. The van der Waals surface area contributed by atoms with Crippen molar-refractivity contribution in [3.8, 4) is 0 Å². The zero-order valence-electron chi connectivity index (χ0n) is 37.7. The third-order valence-electron chi connectivity index (χ3n) is 11.1. The van der Waals surface area contributed by atoms with E-state index in [4.69, 9.17) is 18.5 Å². The van der Waals surface area contributed by atoms with E-state index in [2.05, 4.69) is 26.0 Å². The summed E-state index contributed by atoms with van der Waals surface area (Å²) in [6.07, 6.45) is 29.7. The Kier molecular flexibility index (Phi) is 35.0. The second-order valence-electron chi connectivity index (χ2n) is 16.7. The van der Waals surface area contributed by atoms with Crippen LogP contribution in [0.4, 0.5) is 0 Å². The number of rotatable bonds is 39. The molecule has 0 amide bonds. The third-order valence-corrected chi connectivity index (χ3v) is 12.0. The molecule has 0 aliphatic heterocycles. The van der Waals surface area contributed by atoms with Crippen LogP contribution in [-0.4, -0.2) is 98.3 Å². The fourth-order valence-electron chi connectivity index (χ4n) is 7.19. The lowest BCUT2D eigenvalue weighted by Crippen LogP contribution is -2.64. The standard InChI is InChI=1S/C47H85O13P/c1-3-5-7-9-11-13-15-17-19-20-22-23-25-27-29-31-33-35-40(48)57-37-39(38-58-61(55,56)60-47-45(53)43(51)42(50)44(52)46(47)54)59-41(49)36-34-32-30-28-26-24-21-18-16-14-12-10-8-6-4-2/h17,19,30,32,34,36,39,42-47,50-54H,3-16,18,20-29,31,33,35,37-38H2,1-2H3,(H,55,56)/b19-17+,32-30+,36-34+/t39-,42?,43-,44?,45?,46?,47?/m0/s1. The van der Waals surface area contributed by atoms with Gasteiger partial charge in [-0.1, -0.05) is 173 Å². The SMILES string of the molecule is CCCCCCCC/C=C/CCCCCCCCCC(=O)OC[C@@H](COP(=O)(O)OC1C(O)C(O)C(O)[C@H](O)C1O)OC(=O)/C=C/C=C/CCCCCCCCCCCCC. The van der Waals surface area contributed by atoms with Gasteiger partial charge in [0.25, 0.3) is 0 Å². The topological polar surface area (TPSA) is 210 Å². The highest BCUT2D eigenvalue weighted by atomic mass is 31.2. The molecule has 0 bridgehead atoms. The van der Waals surface area contributed by atoms with Crippen molar-refractivity contribution in [1.29, 1.82) is 0 Å². The first-order valence-corrected chi connectivity index (χ1v) is 25.3. The van der Waals surface area contributed by atoms with E-state index in [0.717, 1.165) is 57.4 Å². The molecule has 13 nitrogen and oxygen atoms in total. The van der Waals surface area contributed by atoms with Crippen molar-refractivity contribution in [2.24, 2.45) is 0 Å². The van der Waals surface area contributed by atoms with Crippen LogP contribution in [0.25, 0.3) is 0 Å². The van der Waals surface area contributed by atoms with Crippen molar-refractivity contribution >= 4 is 19.8 Å². The lowest BCUT2D eigenvalue weighted by molar-refractivity contribution is -0.220. The molecule has 0 aromatic rings. The Balaban J connectivity index is 2.49. The van der Waals surface area contributed by atoms with E-state index in [1.54, 1.807) is 6.08 Å². The van der Waals surface area contributed by atoms with Crippen LogP contribution in [0, 0.1) is 0 Å². The Morgan fingerprint density at radius 1 is 0.541 bits per heavy atom. The lowest BCUT2D eigenvalue weighted by Gasteiger charge is -2.41. The van der Waals surface area contributed by atoms with Gasteiger partial charge >= 0.3 is 19.8 Å². The smallest absolute Gasteiger partial charge is 0.462 e. The van der Waals surface area contributed by atoms with Crippen LogP contribution in [0.5, 0.6) is 0 Å². The van der Waals surface area contributed by atoms with Gasteiger partial charge in [-0.3, -0.25) is 13.8 Å². The summed E-state index contributed by atoms with van der Waals surface area (Å²) in [5.41, 5.74) is 0. The Bertz CT molecular complexity index is 1210. The summed E-state index contributed by atoms with van der Waals surface area (Å²) in [6.45, 7) is 3.20. The Morgan fingerprint density at radius 3 is 1.43 bits per heavy atom. The Labute approximate surface area is 368 Å². The van der Waals surface area contributed by atoms with Gasteiger partial charge in [-0.2, -0.15) is 0 Å². The minimum Gasteiger partial charge on any atom is -0.462 e. The number of carbonyl (C=O) groups is 2. The molecule has 61 heavy (non-hydrogen) atoms. The molecule has 0 aromatic carbocycles. The summed E-state index contributed by atoms with van der Waals surface area (Å²) in [4.78, 5) is 35.6. The number of esters is 2. The normalized spacial score (nSPS) is 22.3. The van der Waals surface area contributed by atoms with E-state index >= 15 is 0 Å². The van der Waals surface area contributed by atoms with Crippen molar-refractivity contribution in [1.82, 2.24) is 0 Å². The highest BCUT2D eigenvalue weighted by Crippen LogP contribution is 2.47. The van der Waals surface area contributed by atoms with Gasteiger partial charge in [-0.15, -0.1) is 0 Å². The van der Waals surface area contributed by atoms with Crippen molar-refractivity contribution in [3.63, 3.8) is 0 Å². The maximum Gasteiger partial charge on any atom is 0.472 e. The first kappa shape index (κ1) is 57.1. The molecule has 1 rings (SSSR count). The molecule has 0 heterocycles. The van der Waals surface area contributed by atoms with Crippen LogP contribution in [0.15, 0.2) is 36.5 Å². The molecule has 1 fully saturated rings. The summed E-state index contributed by atoms with van der Waals surface area (Å²) in [5.74, 6) is -1.35. The zero-order chi connectivity index (χ0) is 45.0. The van der Waals surface area contributed by atoms with Gasteiger partial charge < -0.3 is 39.9 Å². The molecule has 1 aliphatic carbocycles. The second kappa shape index (κ2) is 37.4. The van der Waals surface area contributed by atoms with Gasteiger partial charge in [0.2, 0.25) is 0 Å². The zero-order valence-corrected chi connectivity index (χ0v) is 38.6. The fourth-order valence-corrected chi connectivity index (χ4v) is 8.16. The predicted molar refractivity (Wildman–Crippen MR) is 240 cm³/mol. The monoisotopic (exact) mass is 889 g/mol. The van der Waals surface area contributed by atoms with E-state index in [1.807, 2.05) is 6.08 Å². The number of aliphatic hydroxyl groups excluding tert-OH is 5. The summed E-state index contributed by atoms with van der Waals surface area (Å²) < 4.78 is 33.3. The van der Waals surface area contributed by atoms with Crippen LogP contribution in [0.1, 0.15) is 194 Å². The molecule has 0 saturated heterocycles. The number of hydrogen-bond donors (Lipinski definition) is 6. The Morgan fingerprint density at radius 2 is 0.951 bits per heavy atom. The second-order valence-corrected chi connectivity index (χ2v) is 18.1. The molecule has 6 N–H and O–H groups in total. The maximum atomic E-state index is 12.8. The molecule has 6 unspecified atom stereocenters. The molecule has 356 valence electrons. The first-order valence-electron chi connectivity index (χ1n) is 23.8. The van der Waals surface area contributed by atoms with Crippen molar-refractivity contribution in [2.75, 3.05) is 13.2 Å². The van der Waals surface area contributed by atoms with E-state index in [0.29, 0.717) is 6.42 Å². The molecule has 1 aliphatic rings. The molecule has 14 heteroatoms. The molecule has 0 aromatic heterocycles. The van der Waals surface area contributed by atoms with Crippen LogP contribution >= 0.6 is 7.82 Å². The minimum absolute atomic E-state index is 0.143. The number of aliphatic hydroxyl groups is 5. The van der Waals surface area contributed by atoms with Gasteiger partial charge in [0.15, 0.2) is 6.10 Å².